The van der Waals surface area contributed by atoms with Crippen LogP contribution in [0.15, 0.2) is 73.2 Å². The molecule has 0 radical (unpaired) electrons. The maximum Gasteiger partial charge on any atom is 0.434 e. The number of carbonyl (C=O) groups is 1. The first-order valence-corrected chi connectivity index (χ1v) is 14.0. The third-order valence-corrected chi connectivity index (χ3v) is 7.67. The summed E-state index contributed by atoms with van der Waals surface area (Å²) < 4.78 is 50.3. The molecule has 0 aliphatic carbocycles. The van der Waals surface area contributed by atoms with E-state index in [-0.39, 0.29) is 5.82 Å². The second-order valence-corrected chi connectivity index (χ2v) is 10.8. The minimum absolute atomic E-state index is 0.165. The van der Waals surface area contributed by atoms with Gasteiger partial charge >= 0.3 is 12.1 Å². The normalized spacial score (nSPS) is 13.6. The Labute approximate surface area is 251 Å². The van der Waals surface area contributed by atoms with Gasteiger partial charge in [0.05, 0.1) is 18.4 Å². The minimum Gasteiger partial charge on any atom is -0.488 e. The molecular weight excluding hydrogens is 573 g/mol. The van der Waals surface area contributed by atoms with Crippen LogP contribution in [-0.4, -0.2) is 46.8 Å². The number of hydrogen-bond acceptors (Lipinski definition) is 6. The molecule has 3 aromatic heterocycles. The van der Waals surface area contributed by atoms with Crippen molar-refractivity contribution in [2.45, 2.75) is 39.2 Å². The van der Waals surface area contributed by atoms with Gasteiger partial charge in [-0.1, -0.05) is 35.9 Å². The Hall–Kier alpha value is -4.97. The first-order chi connectivity index (χ1) is 21.1. The highest BCUT2D eigenvalue weighted by Gasteiger charge is 2.41. The molecule has 4 heterocycles. The molecule has 226 valence electrons. The summed E-state index contributed by atoms with van der Waals surface area (Å²) in [7, 11) is 2.00. The van der Waals surface area contributed by atoms with Crippen LogP contribution in [0, 0.1) is 6.92 Å². The van der Waals surface area contributed by atoms with E-state index in [0.717, 1.165) is 43.0 Å². The van der Waals surface area contributed by atoms with Gasteiger partial charge in [0.1, 0.15) is 23.7 Å². The molecule has 1 aliphatic rings. The number of alkyl halides is 3. The lowest BCUT2D eigenvalue weighted by Crippen LogP contribution is -2.31. The number of fused-ring (bicyclic) bond motifs is 1. The molecule has 44 heavy (non-hydrogen) atoms. The number of aromatic nitrogens is 5. The highest BCUT2D eigenvalue weighted by atomic mass is 19.4. The van der Waals surface area contributed by atoms with E-state index >= 15 is 0 Å². The monoisotopic (exact) mass is 602 g/mol. The number of carboxylic acids is 1. The number of rotatable bonds is 8. The van der Waals surface area contributed by atoms with E-state index in [1.165, 1.54) is 17.2 Å². The van der Waals surface area contributed by atoms with Crippen LogP contribution in [0.25, 0.3) is 17.1 Å². The van der Waals surface area contributed by atoms with E-state index in [4.69, 9.17) is 4.74 Å². The van der Waals surface area contributed by atoms with Crippen molar-refractivity contribution in [3.05, 3.63) is 113 Å². The Bertz CT molecular complexity index is 1850. The maximum atomic E-state index is 13.8. The first-order valence-electron chi connectivity index (χ1n) is 14.0. The van der Waals surface area contributed by atoms with Crippen LogP contribution in [0.2, 0.25) is 0 Å². The lowest BCUT2D eigenvalue weighted by atomic mass is 9.97. The summed E-state index contributed by atoms with van der Waals surface area (Å²) in [6.07, 6.45) is 0.400. The summed E-state index contributed by atoms with van der Waals surface area (Å²) >= 11 is 0. The molecule has 0 fully saturated rings. The molecule has 1 aliphatic heterocycles. The molecule has 2 aromatic carbocycles. The molecule has 0 unspecified atom stereocenters. The molecular formula is C32H29F3N6O3. The smallest absolute Gasteiger partial charge is 0.434 e. The van der Waals surface area contributed by atoms with Crippen molar-refractivity contribution >= 4 is 5.97 Å². The van der Waals surface area contributed by atoms with E-state index in [1.54, 1.807) is 12.1 Å². The topological polar surface area (TPSA) is 98.3 Å². The summed E-state index contributed by atoms with van der Waals surface area (Å²) in [6, 6.07) is 16.4. The molecule has 1 N–H and O–H groups in total. The zero-order chi connectivity index (χ0) is 31.0. The molecule has 12 heteroatoms. The number of aryl methyl sites for hydroxylation is 2. The number of pyridine rings is 1. The van der Waals surface area contributed by atoms with Crippen LogP contribution in [0.5, 0.6) is 5.75 Å². The number of hydrogen-bond donors (Lipinski definition) is 1. The summed E-state index contributed by atoms with van der Waals surface area (Å²) in [4.78, 5) is 22.7. The predicted octanol–water partition coefficient (Wildman–Crippen LogP) is 5.83. The number of imidazole rings is 1. The standard InChI is InChI=1S/C32H29F3N6O3/c1-20-6-9-27(44-19-21-7-8-23-17-40(12-10-22(23)15-21)18-29-36-11-13-39(29)2)24(14-20)26-4-3-5-28(38-26)41-30(32(33,34)35)25(16-37-41)31(42)43/h3-9,11,13-16H,10,12,17-19H2,1-2H3,(H,42,43). The highest BCUT2D eigenvalue weighted by Crippen LogP contribution is 2.35. The van der Waals surface area contributed by atoms with Crippen LogP contribution in [0.4, 0.5) is 13.2 Å². The molecule has 0 saturated carbocycles. The quantitative estimate of drug-likeness (QED) is 0.239. The number of nitrogens with zero attached hydrogens (tertiary/aromatic N) is 6. The van der Waals surface area contributed by atoms with Crippen LogP contribution < -0.4 is 4.74 Å². The van der Waals surface area contributed by atoms with Gasteiger partial charge in [-0.2, -0.15) is 18.3 Å². The molecule has 5 aromatic rings. The van der Waals surface area contributed by atoms with Crippen molar-refractivity contribution in [3.8, 4) is 22.8 Å². The Morgan fingerprint density at radius 3 is 2.68 bits per heavy atom. The lowest BCUT2D eigenvalue weighted by Gasteiger charge is -2.28. The Morgan fingerprint density at radius 2 is 1.93 bits per heavy atom. The minimum atomic E-state index is -4.95. The van der Waals surface area contributed by atoms with E-state index in [2.05, 4.69) is 32.1 Å². The Kier molecular flexibility index (Phi) is 7.68. The van der Waals surface area contributed by atoms with Gasteiger partial charge in [-0.15, -0.1) is 0 Å². The third-order valence-electron chi connectivity index (χ3n) is 7.67. The van der Waals surface area contributed by atoms with Crippen LogP contribution in [-0.2, 0) is 39.3 Å². The molecule has 0 bridgehead atoms. The third kappa shape index (κ3) is 5.93. The molecule has 0 spiro atoms. The summed E-state index contributed by atoms with van der Waals surface area (Å²) in [5.74, 6) is -0.343. The lowest BCUT2D eigenvalue weighted by molar-refractivity contribution is -0.143. The van der Waals surface area contributed by atoms with Gasteiger partial charge in [0, 0.05) is 38.1 Å². The zero-order valence-electron chi connectivity index (χ0n) is 24.0. The van der Waals surface area contributed by atoms with E-state index in [9.17, 15) is 23.1 Å². The molecule has 9 nitrogen and oxygen atoms in total. The second-order valence-electron chi connectivity index (χ2n) is 10.8. The first kappa shape index (κ1) is 29.1. The van der Waals surface area contributed by atoms with Crippen molar-refractivity contribution in [1.29, 1.82) is 0 Å². The SMILES string of the molecule is Cc1ccc(OCc2ccc3c(c2)CCN(Cc2nccn2C)C3)c(-c2cccc(-n3ncc(C(=O)O)c3C(F)(F)F)n2)c1. The van der Waals surface area contributed by atoms with Gasteiger partial charge in [-0.05, 0) is 54.3 Å². The van der Waals surface area contributed by atoms with Gasteiger partial charge in [0.15, 0.2) is 11.5 Å². The zero-order valence-corrected chi connectivity index (χ0v) is 24.0. The number of ether oxygens (including phenoxy) is 1. The fourth-order valence-corrected chi connectivity index (χ4v) is 5.41. The van der Waals surface area contributed by atoms with Crippen molar-refractivity contribution in [2.24, 2.45) is 7.05 Å². The summed E-state index contributed by atoms with van der Waals surface area (Å²) in [6.45, 7) is 4.74. The van der Waals surface area contributed by atoms with E-state index < -0.39 is 23.4 Å². The maximum absolute atomic E-state index is 13.8. The van der Waals surface area contributed by atoms with E-state index in [1.807, 2.05) is 55.2 Å². The van der Waals surface area contributed by atoms with Crippen LogP contribution in [0.1, 0.15) is 44.1 Å². The van der Waals surface area contributed by atoms with Crippen LogP contribution >= 0.6 is 0 Å². The molecule has 0 atom stereocenters. The van der Waals surface area contributed by atoms with Gasteiger partial charge < -0.3 is 14.4 Å². The molecule has 0 saturated heterocycles. The summed E-state index contributed by atoms with van der Waals surface area (Å²) in [5, 5.41) is 13.0. The largest absolute Gasteiger partial charge is 0.488 e. The van der Waals surface area contributed by atoms with Crippen molar-refractivity contribution < 1.29 is 27.8 Å². The Balaban J connectivity index is 1.22. The highest BCUT2D eigenvalue weighted by molar-refractivity contribution is 5.89. The van der Waals surface area contributed by atoms with Gasteiger partial charge in [-0.3, -0.25) is 4.90 Å². The average molecular weight is 603 g/mol. The number of halogens is 3. The number of benzene rings is 2. The van der Waals surface area contributed by atoms with Crippen molar-refractivity contribution in [3.63, 3.8) is 0 Å². The molecule has 6 rings (SSSR count). The predicted molar refractivity (Wildman–Crippen MR) is 155 cm³/mol. The number of aromatic carboxylic acids is 1. The van der Waals surface area contributed by atoms with Gasteiger partial charge in [0.25, 0.3) is 0 Å². The fourth-order valence-electron chi connectivity index (χ4n) is 5.41. The van der Waals surface area contributed by atoms with Crippen molar-refractivity contribution in [1.82, 2.24) is 29.2 Å². The summed E-state index contributed by atoms with van der Waals surface area (Å²) in [5.41, 5.74) is 3.07. The van der Waals surface area contributed by atoms with Crippen LogP contribution in [0.3, 0.4) is 0 Å². The van der Waals surface area contributed by atoms with Crippen molar-refractivity contribution in [2.75, 3.05) is 6.54 Å². The van der Waals surface area contributed by atoms with E-state index in [0.29, 0.717) is 34.5 Å². The van der Waals surface area contributed by atoms with Gasteiger partial charge in [0.2, 0.25) is 0 Å². The number of carboxylic acid groups (broad SMARTS) is 1. The second kappa shape index (κ2) is 11.6. The molecule has 0 amide bonds. The Morgan fingerprint density at radius 1 is 1.09 bits per heavy atom. The van der Waals surface area contributed by atoms with Gasteiger partial charge in [-0.25, -0.2) is 19.4 Å². The average Bonchev–Trinajstić information content (AvgIpc) is 3.63. The fraction of sp³-hybridized carbons (Fsp3) is 0.250.